The second kappa shape index (κ2) is 4.00. The molecule has 0 amide bonds. The van der Waals surface area contributed by atoms with Crippen molar-refractivity contribution >= 4 is 5.69 Å². The van der Waals surface area contributed by atoms with E-state index in [0.717, 1.165) is 19.5 Å². The zero-order valence-corrected chi connectivity index (χ0v) is 10.5. The summed E-state index contributed by atoms with van der Waals surface area (Å²) in [5.41, 5.74) is 2.98. The van der Waals surface area contributed by atoms with E-state index in [1.54, 1.807) is 6.07 Å². The maximum atomic E-state index is 9.42. The molecule has 2 rings (SSSR count). The fourth-order valence-corrected chi connectivity index (χ4v) is 2.16. The van der Waals surface area contributed by atoms with Crippen molar-refractivity contribution in [1.82, 2.24) is 0 Å². The molecular weight excluding hydrogens is 198 g/mol. The van der Waals surface area contributed by atoms with Gasteiger partial charge in [-0.3, -0.25) is 0 Å². The Bertz CT molecular complexity index is 379. The third-order valence-corrected chi connectivity index (χ3v) is 3.19. The van der Waals surface area contributed by atoms with Crippen molar-refractivity contribution in [3.8, 4) is 5.75 Å². The van der Waals surface area contributed by atoms with Gasteiger partial charge in [0, 0.05) is 18.8 Å². The van der Waals surface area contributed by atoms with Crippen LogP contribution in [0.5, 0.6) is 5.75 Å². The molecule has 1 N–H and O–H groups in total. The smallest absolute Gasteiger partial charge is 0.116 e. The van der Waals surface area contributed by atoms with Gasteiger partial charge in [0.1, 0.15) is 5.75 Å². The van der Waals surface area contributed by atoms with Gasteiger partial charge in [-0.2, -0.15) is 0 Å². The van der Waals surface area contributed by atoms with Crippen molar-refractivity contribution in [2.75, 3.05) is 18.0 Å². The molecule has 1 heterocycles. The first-order chi connectivity index (χ1) is 7.46. The molecule has 1 aromatic rings. The molecule has 16 heavy (non-hydrogen) atoms. The Morgan fingerprint density at radius 2 is 2.06 bits per heavy atom. The molecule has 1 aromatic carbocycles. The topological polar surface area (TPSA) is 23.5 Å². The van der Waals surface area contributed by atoms with Crippen molar-refractivity contribution in [2.24, 2.45) is 5.41 Å². The van der Waals surface area contributed by atoms with E-state index in [1.165, 1.54) is 17.7 Å². The van der Waals surface area contributed by atoms with Gasteiger partial charge in [-0.1, -0.05) is 20.8 Å². The van der Waals surface area contributed by atoms with E-state index >= 15 is 0 Å². The van der Waals surface area contributed by atoms with E-state index in [4.69, 9.17) is 0 Å². The molecule has 0 spiro atoms. The second-order valence-electron chi connectivity index (χ2n) is 5.86. The molecule has 1 aliphatic rings. The van der Waals surface area contributed by atoms with Crippen LogP contribution in [0.3, 0.4) is 0 Å². The molecule has 0 atom stereocenters. The van der Waals surface area contributed by atoms with Crippen LogP contribution in [-0.4, -0.2) is 18.2 Å². The second-order valence-corrected chi connectivity index (χ2v) is 5.86. The molecule has 2 nitrogen and oxygen atoms in total. The van der Waals surface area contributed by atoms with Crippen LogP contribution >= 0.6 is 0 Å². The highest BCUT2D eigenvalue weighted by molar-refractivity contribution is 5.59. The molecule has 0 aromatic heterocycles. The van der Waals surface area contributed by atoms with Gasteiger partial charge >= 0.3 is 0 Å². The number of phenolic OH excluding ortho intramolecular Hbond substituents is 1. The highest BCUT2D eigenvalue weighted by atomic mass is 16.3. The van der Waals surface area contributed by atoms with E-state index in [-0.39, 0.29) is 0 Å². The first-order valence-corrected chi connectivity index (χ1v) is 6.02. The van der Waals surface area contributed by atoms with Crippen molar-refractivity contribution < 1.29 is 5.11 Å². The largest absolute Gasteiger partial charge is 0.508 e. The number of benzene rings is 1. The molecule has 0 radical (unpaired) electrons. The monoisotopic (exact) mass is 219 g/mol. The molecule has 2 heteroatoms. The predicted octanol–water partition coefficient (Wildman–Crippen LogP) is 3.19. The number of hydrogen-bond acceptors (Lipinski definition) is 2. The average Bonchev–Trinajstić information content (AvgIpc) is 2.56. The van der Waals surface area contributed by atoms with Crippen LogP contribution in [0.4, 0.5) is 5.69 Å². The number of phenols is 1. The van der Waals surface area contributed by atoms with E-state index in [2.05, 4.69) is 25.7 Å². The summed E-state index contributed by atoms with van der Waals surface area (Å²) in [6.07, 6.45) is 2.27. The minimum Gasteiger partial charge on any atom is -0.508 e. The summed E-state index contributed by atoms with van der Waals surface area (Å²) < 4.78 is 0. The quantitative estimate of drug-likeness (QED) is 0.825. The third-order valence-electron chi connectivity index (χ3n) is 3.19. The van der Waals surface area contributed by atoms with Gasteiger partial charge in [-0.15, -0.1) is 0 Å². The average molecular weight is 219 g/mol. The fourth-order valence-electron chi connectivity index (χ4n) is 2.16. The van der Waals surface area contributed by atoms with Gasteiger partial charge in [0.15, 0.2) is 0 Å². The van der Waals surface area contributed by atoms with Gasteiger partial charge in [0.2, 0.25) is 0 Å². The lowest BCUT2D eigenvalue weighted by Gasteiger charge is -2.25. The molecule has 0 saturated heterocycles. The standard InChI is InChI=1S/C14H21NO/c1-14(2,3)7-9-15-8-6-11-10-12(16)4-5-13(11)15/h4-5,10,16H,6-9H2,1-3H3. The molecule has 88 valence electrons. The van der Waals surface area contributed by atoms with Crippen LogP contribution in [-0.2, 0) is 6.42 Å². The normalized spacial score (nSPS) is 15.3. The number of rotatable bonds is 2. The van der Waals surface area contributed by atoms with E-state index < -0.39 is 0 Å². The Labute approximate surface area is 97.9 Å². The third kappa shape index (κ3) is 2.49. The molecule has 0 unspecified atom stereocenters. The lowest BCUT2D eigenvalue weighted by molar-refractivity contribution is 0.380. The van der Waals surface area contributed by atoms with E-state index in [9.17, 15) is 5.11 Å². The Morgan fingerprint density at radius 3 is 2.75 bits per heavy atom. The van der Waals surface area contributed by atoms with E-state index in [0.29, 0.717) is 11.2 Å². The predicted molar refractivity (Wildman–Crippen MR) is 68.1 cm³/mol. The van der Waals surface area contributed by atoms with Crippen molar-refractivity contribution in [2.45, 2.75) is 33.6 Å². The SMILES string of the molecule is CC(C)(C)CCN1CCc2cc(O)ccc21. The van der Waals surface area contributed by atoms with Gasteiger partial charge in [-0.25, -0.2) is 0 Å². The van der Waals surface area contributed by atoms with Gasteiger partial charge in [0.05, 0.1) is 0 Å². The summed E-state index contributed by atoms with van der Waals surface area (Å²) in [5.74, 6) is 0.386. The maximum Gasteiger partial charge on any atom is 0.116 e. The van der Waals surface area contributed by atoms with Gasteiger partial charge in [0.25, 0.3) is 0 Å². The van der Waals surface area contributed by atoms with Gasteiger partial charge < -0.3 is 10.0 Å². The Kier molecular flexibility index (Phi) is 2.83. The molecule has 0 fully saturated rings. The molecule has 0 bridgehead atoms. The number of aromatic hydroxyl groups is 1. The highest BCUT2D eigenvalue weighted by Crippen LogP contribution is 2.32. The first-order valence-electron chi connectivity index (χ1n) is 6.02. The summed E-state index contributed by atoms with van der Waals surface area (Å²) in [7, 11) is 0. The van der Waals surface area contributed by atoms with Crippen molar-refractivity contribution in [3.63, 3.8) is 0 Å². The van der Waals surface area contributed by atoms with Gasteiger partial charge in [-0.05, 0) is 42.0 Å². The first kappa shape index (κ1) is 11.3. The summed E-state index contributed by atoms with van der Waals surface area (Å²) in [6.45, 7) is 9.04. The van der Waals surface area contributed by atoms with E-state index in [1.807, 2.05) is 12.1 Å². The molecule has 0 aliphatic carbocycles. The summed E-state index contributed by atoms with van der Waals surface area (Å²) in [5, 5.41) is 9.42. The van der Waals surface area contributed by atoms with Crippen LogP contribution in [0.2, 0.25) is 0 Å². The molecule has 1 aliphatic heterocycles. The van der Waals surface area contributed by atoms with Crippen LogP contribution in [0, 0.1) is 5.41 Å². The van der Waals surface area contributed by atoms with Crippen LogP contribution in [0.25, 0.3) is 0 Å². The minimum absolute atomic E-state index is 0.386. The Hall–Kier alpha value is -1.18. The summed E-state index contributed by atoms with van der Waals surface area (Å²) in [6, 6.07) is 5.72. The maximum absolute atomic E-state index is 9.42. The zero-order valence-electron chi connectivity index (χ0n) is 10.5. The molecule has 0 saturated carbocycles. The zero-order chi connectivity index (χ0) is 11.8. The highest BCUT2D eigenvalue weighted by Gasteiger charge is 2.20. The number of fused-ring (bicyclic) bond motifs is 1. The number of nitrogens with zero attached hydrogens (tertiary/aromatic N) is 1. The fraction of sp³-hybridized carbons (Fsp3) is 0.571. The summed E-state index contributed by atoms with van der Waals surface area (Å²) in [4.78, 5) is 2.43. The number of hydrogen-bond donors (Lipinski definition) is 1. The van der Waals surface area contributed by atoms with Crippen molar-refractivity contribution in [1.29, 1.82) is 0 Å². The van der Waals surface area contributed by atoms with Crippen LogP contribution in [0.1, 0.15) is 32.8 Å². The Balaban J connectivity index is 2.06. The van der Waals surface area contributed by atoms with Crippen LogP contribution in [0.15, 0.2) is 18.2 Å². The minimum atomic E-state index is 0.386. The Morgan fingerprint density at radius 1 is 1.31 bits per heavy atom. The van der Waals surface area contributed by atoms with Crippen molar-refractivity contribution in [3.05, 3.63) is 23.8 Å². The summed E-state index contributed by atoms with van der Waals surface area (Å²) >= 11 is 0. The lowest BCUT2D eigenvalue weighted by atomic mass is 9.92. The molecular formula is C14H21NO. The number of anilines is 1. The lowest BCUT2D eigenvalue weighted by Crippen LogP contribution is -2.25. The van der Waals surface area contributed by atoms with Crippen LogP contribution < -0.4 is 4.90 Å².